The van der Waals surface area contributed by atoms with Gasteiger partial charge in [-0.3, -0.25) is 4.98 Å². The van der Waals surface area contributed by atoms with E-state index in [1.54, 1.807) is 0 Å². The molecule has 0 aromatic carbocycles. The standard InChI is InChI=1S/C15H24N2/c1-11(2)13-6-4-5-7-15(13)17-14-8-9-16-10-12(14)3/h8-11,13,15H,4-7H2,1-3H3,(H,16,17). The molecular formula is C15H24N2. The van der Waals surface area contributed by atoms with Crippen LogP contribution in [0.1, 0.15) is 45.1 Å². The number of hydrogen-bond acceptors (Lipinski definition) is 2. The molecule has 1 saturated carbocycles. The fraction of sp³-hybridized carbons (Fsp3) is 0.667. The zero-order valence-corrected chi connectivity index (χ0v) is 11.2. The van der Waals surface area contributed by atoms with Crippen molar-refractivity contribution in [1.82, 2.24) is 4.98 Å². The predicted molar refractivity (Wildman–Crippen MR) is 73.2 cm³/mol. The molecule has 2 nitrogen and oxygen atoms in total. The summed E-state index contributed by atoms with van der Waals surface area (Å²) in [5, 5.41) is 3.74. The van der Waals surface area contributed by atoms with Crippen molar-refractivity contribution in [2.45, 2.75) is 52.5 Å². The first-order valence-electron chi connectivity index (χ1n) is 6.85. The summed E-state index contributed by atoms with van der Waals surface area (Å²) in [6, 6.07) is 2.74. The van der Waals surface area contributed by atoms with Crippen molar-refractivity contribution in [1.29, 1.82) is 0 Å². The molecule has 17 heavy (non-hydrogen) atoms. The van der Waals surface area contributed by atoms with Crippen molar-refractivity contribution in [2.24, 2.45) is 11.8 Å². The molecule has 2 rings (SSSR count). The van der Waals surface area contributed by atoms with Gasteiger partial charge in [-0.25, -0.2) is 0 Å². The molecule has 1 aliphatic carbocycles. The van der Waals surface area contributed by atoms with Crippen molar-refractivity contribution in [3.63, 3.8) is 0 Å². The molecule has 0 radical (unpaired) electrons. The van der Waals surface area contributed by atoms with E-state index in [-0.39, 0.29) is 0 Å². The minimum atomic E-state index is 0.643. The second kappa shape index (κ2) is 5.52. The Morgan fingerprint density at radius 1 is 1.29 bits per heavy atom. The van der Waals surface area contributed by atoms with Crippen LogP contribution in [0.15, 0.2) is 18.5 Å². The summed E-state index contributed by atoms with van der Waals surface area (Å²) in [5.74, 6) is 1.59. The Labute approximate surface area is 105 Å². The van der Waals surface area contributed by atoms with Crippen LogP contribution in [0.25, 0.3) is 0 Å². The number of anilines is 1. The molecule has 2 atom stereocenters. The van der Waals surface area contributed by atoms with Gasteiger partial charge in [0, 0.05) is 24.1 Å². The average molecular weight is 232 g/mol. The van der Waals surface area contributed by atoms with Crippen LogP contribution in [-0.2, 0) is 0 Å². The fourth-order valence-electron chi connectivity index (χ4n) is 2.97. The van der Waals surface area contributed by atoms with Gasteiger partial charge in [0.1, 0.15) is 0 Å². The van der Waals surface area contributed by atoms with Gasteiger partial charge in [0.25, 0.3) is 0 Å². The lowest BCUT2D eigenvalue weighted by molar-refractivity contribution is 0.254. The molecular weight excluding hydrogens is 208 g/mol. The lowest BCUT2D eigenvalue weighted by atomic mass is 9.77. The number of hydrogen-bond donors (Lipinski definition) is 1. The van der Waals surface area contributed by atoms with Gasteiger partial charge in [0.05, 0.1) is 0 Å². The summed E-state index contributed by atoms with van der Waals surface area (Å²) in [7, 11) is 0. The summed E-state index contributed by atoms with van der Waals surface area (Å²) in [4.78, 5) is 4.15. The number of pyridine rings is 1. The molecule has 2 unspecified atom stereocenters. The van der Waals surface area contributed by atoms with Gasteiger partial charge in [0.2, 0.25) is 0 Å². The quantitative estimate of drug-likeness (QED) is 0.851. The van der Waals surface area contributed by atoms with Crippen LogP contribution in [0.4, 0.5) is 5.69 Å². The van der Waals surface area contributed by atoms with E-state index in [1.807, 2.05) is 12.4 Å². The first kappa shape index (κ1) is 12.4. The number of aryl methyl sites for hydroxylation is 1. The van der Waals surface area contributed by atoms with Crippen molar-refractivity contribution in [3.8, 4) is 0 Å². The first-order valence-corrected chi connectivity index (χ1v) is 6.85. The predicted octanol–water partition coefficient (Wildman–Crippen LogP) is 4.02. The minimum absolute atomic E-state index is 0.643. The fourth-order valence-corrected chi connectivity index (χ4v) is 2.97. The number of nitrogens with one attached hydrogen (secondary N) is 1. The van der Waals surface area contributed by atoms with Crippen molar-refractivity contribution in [3.05, 3.63) is 24.0 Å². The number of nitrogens with zero attached hydrogens (tertiary/aromatic N) is 1. The van der Waals surface area contributed by atoms with Gasteiger partial charge in [0.15, 0.2) is 0 Å². The molecule has 1 fully saturated rings. The Morgan fingerprint density at radius 3 is 2.76 bits per heavy atom. The number of rotatable bonds is 3. The van der Waals surface area contributed by atoms with Crippen LogP contribution >= 0.6 is 0 Å². The molecule has 0 spiro atoms. The van der Waals surface area contributed by atoms with Gasteiger partial charge in [-0.05, 0) is 43.2 Å². The Bertz CT molecular complexity index is 360. The Hall–Kier alpha value is -1.05. The van der Waals surface area contributed by atoms with Crippen LogP contribution in [0, 0.1) is 18.8 Å². The van der Waals surface area contributed by atoms with E-state index in [0.29, 0.717) is 6.04 Å². The van der Waals surface area contributed by atoms with E-state index in [0.717, 1.165) is 11.8 Å². The van der Waals surface area contributed by atoms with Gasteiger partial charge in [-0.15, -0.1) is 0 Å². The normalized spacial score (nSPS) is 24.9. The lowest BCUT2D eigenvalue weighted by Gasteiger charge is -2.35. The maximum absolute atomic E-state index is 4.15. The van der Waals surface area contributed by atoms with Crippen LogP contribution < -0.4 is 5.32 Å². The molecule has 94 valence electrons. The van der Waals surface area contributed by atoms with Crippen LogP contribution in [0.2, 0.25) is 0 Å². The zero-order chi connectivity index (χ0) is 12.3. The molecule has 2 heteroatoms. The minimum Gasteiger partial charge on any atom is -0.382 e. The van der Waals surface area contributed by atoms with E-state index >= 15 is 0 Å². The third-order valence-corrected chi connectivity index (χ3v) is 4.04. The van der Waals surface area contributed by atoms with E-state index in [9.17, 15) is 0 Å². The van der Waals surface area contributed by atoms with Crippen LogP contribution in [0.5, 0.6) is 0 Å². The van der Waals surface area contributed by atoms with Crippen molar-refractivity contribution in [2.75, 3.05) is 5.32 Å². The molecule has 1 aromatic rings. The molecule has 0 saturated heterocycles. The summed E-state index contributed by atoms with van der Waals surface area (Å²) in [6.07, 6.45) is 9.27. The van der Waals surface area contributed by atoms with E-state index in [1.165, 1.54) is 36.9 Å². The smallest absolute Gasteiger partial charge is 0.0403 e. The van der Waals surface area contributed by atoms with E-state index in [2.05, 4.69) is 37.1 Å². The maximum atomic E-state index is 4.15. The highest BCUT2D eigenvalue weighted by molar-refractivity contribution is 5.49. The van der Waals surface area contributed by atoms with Crippen LogP contribution in [-0.4, -0.2) is 11.0 Å². The number of aromatic nitrogens is 1. The van der Waals surface area contributed by atoms with E-state index < -0.39 is 0 Å². The van der Waals surface area contributed by atoms with Crippen LogP contribution in [0.3, 0.4) is 0 Å². The largest absolute Gasteiger partial charge is 0.382 e. The van der Waals surface area contributed by atoms with Gasteiger partial charge in [-0.2, -0.15) is 0 Å². The SMILES string of the molecule is Cc1cnccc1NC1CCCCC1C(C)C. The summed E-state index contributed by atoms with van der Waals surface area (Å²) in [5.41, 5.74) is 2.51. The highest BCUT2D eigenvalue weighted by Gasteiger charge is 2.27. The zero-order valence-electron chi connectivity index (χ0n) is 11.2. The second-order valence-electron chi connectivity index (χ2n) is 5.63. The Balaban J connectivity index is 2.08. The van der Waals surface area contributed by atoms with Gasteiger partial charge < -0.3 is 5.32 Å². The molecule has 1 heterocycles. The van der Waals surface area contributed by atoms with Crippen molar-refractivity contribution >= 4 is 5.69 Å². The summed E-state index contributed by atoms with van der Waals surface area (Å²) in [6.45, 7) is 6.83. The molecule has 1 aromatic heterocycles. The lowest BCUT2D eigenvalue weighted by Crippen LogP contribution is -2.35. The van der Waals surface area contributed by atoms with Crippen molar-refractivity contribution < 1.29 is 0 Å². The van der Waals surface area contributed by atoms with Gasteiger partial charge in [-0.1, -0.05) is 26.7 Å². The highest BCUT2D eigenvalue weighted by Crippen LogP contribution is 2.32. The second-order valence-corrected chi connectivity index (χ2v) is 5.63. The summed E-state index contributed by atoms with van der Waals surface area (Å²) < 4.78 is 0. The topological polar surface area (TPSA) is 24.9 Å². The maximum Gasteiger partial charge on any atom is 0.0403 e. The molecule has 0 aliphatic heterocycles. The monoisotopic (exact) mass is 232 g/mol. The van der Waals surface area contributed by atoms with E-state index in [4.69, 9.17) is 0 Å². The molecule has 1 aliphatic rings. The highest BCUT2D eigenvalue weighted by atomic mass is 14.9. The van der Waals surface area contributed by atoms with Gasteiger partial charge >= 0.3 is 0 Å². The molecule has 0 amide bonds. The summed E-state index contributed by atoms with van der Waals surface area (Å²) >= 11 is 0. The Kier molecular flexibility index (Phi) is 4.03. The molecule has 0 bridgehead atoms. The molecule has 1 N–H and O–H groups in total. The first-order chi connectivity index (χ1) is 8.18. The third kappa shape index (κ3) is 2.99. The Morgan fingerprint density at radius 2 is 2.06 bits per heavy atom. The third-order valence-electron chi connectivity index (χ3n) is 4.04. The average Bonchev–Trinajstić information content (AvgIpc) is 2.32.